The quantitative estimate of drug-likeness (QED) is 0.824. The fourth-order valence-corrected chi connectivity index (χ4v) is 2.49. The molecule has 4 heteroatoms. The van der Waals surface area contributed by atoms with Crippen molar-refractivity contribution in [2.45, 2.75) is 13.0 Å². The normalized spacial score (nSPS) is 12.5. The van der Waals surface area contributed by atoms with Gasteiger partial charge in [-0.1, -0.05) is 46.9 Å². The van der Waals surface area contributed by atoms with Gasteiger partial charge in [-0.2, -0.15) is 0 Å². The second-order valence-corrected chi connectivity index (χ2v) is 5.34. The maximum Gasteiger partial charge on any atom is 0.107 e. The van der Waals surface area contributed by atoms with E-state index in [0.717, 1.165) is 5.56 Å². The largest absolute Gasteiger partial charge is 0.384 e. The van der Waals surface area contributed by atoms with Crippen LogP contribution in [0.3, 0.4) is 0 Å². The molecule has 0 spiro atoms. The van der Waals surface area contributed by atoms with Crippen LogP contribution in [0.15, 0.2) is 36.4 Å². The number of aryl methyl sites for hydroxylation is 1. The van der Waals surface area contributed by atoms with Crippen molar-refractivity contribution < 1.29 is 5.11 Å². The first kappa shape index (κ1) is 13.7. The highest BCUT2D eigenvalue weighted by atomic mass is 35.5. The second-order valence-electron chi connectivity index (χ2n) is 4.09. The molecule has 18 heavy (non-hydrogen) atoms. The van der Waals surface area contributed by atoms with Gasteiger partial charge in [-0.15, -0.1) is 0 Å². The van der Waals surface area contributed by atoms with Crippen LogP contribution in [0.4, 0.5) is 0 Å². The van der Waals surface area contributed by atoms with Crippen molar-refractivity contribution in [1.82, 2.24) is 0 Å². The van der Waals surface area contributed by atoms with Crippen molar-refractivity contribution in [3.63, 3.8) is 0 Å². The molecular formula is C14H11Cl3O. The van der Waals surface area contributed by atoms with Crippen LogP contribution in [0.25, 0.3) is 0 Å². The number of halogens is 3. The van der Waals surface area contributed by atoms with Crippen LogP contribution in [0.2, 0.25) is 15.1 Å². The van der Waals surface area contributed by atoms with Crippen molar-refractivity contribution in [2.75, 3.05) is 0 Å². The van der Waals surface area contributed by atoms with E-state index in [0.29, 0.717) is 26.2 Å². The topological polar surface area (TPSA) is 20.2 Å². The molecule has 1 N–H and O–H groups in total. The van der Waals surface area contributed by atoms with Gasteiger partial charge in [0.05, 0.1) is 0 Å². The summed E-state index contributed by atoms with van der Waals surface area (Å²) in [5, 5.41) is 11.8. The molecular weight excluding hydrogens is 291 g/mol. The van der Waals surface area contributed by atoms with Crippen molar-refractivity contribution in [2.24, 2.45) is 0 Å². The number of benzene rings is 2. The first-order valence-electron chi connectivity index (χ1n) is 5.38. The third-order valence-corrected chi connectivity index (χ3v) is 3.61. The smallest absolute Gasteiger partial charge is 0.107 e. The average Bonchev–Trinajstić information content (AvgIpc) is 2.31. The lowest BCUT2D eigenvalue weighted by Crippen LogP contribution is -2.01. The molecule has 0 radical (unpaired) electrons. The monoisotopic (exact) mass is 300 g/mol. The maximum atomic E-state index is 10.3. The molecule has 1 atom stereocenters. The van der Waals surface area contributed by atoms with Gasteiger partial charge in [0.25, 0.3) is 0 Å². The van der Waals surface area contributed by atoms with Gasteiger partial charge in [0.2, 0.25) is 0 Å². The predicted molar refractivity (Wildman–Crippen MR) is 76.7 cm³/mol. The average molecular weight is 302 g/mol. The molecule has 2 rings (SSSR count). The Bertz CT molecular complexity index is 581. The van der Waals surface area contributed by atoms with E-state index in [1.807, 2.05) is 13.0 Å². The minimum absolute atomic E-state index is 0.462. The van der Waals surface area contributed by atoms with E-state index < -0.39 is 6.10 Å². The fraction of sp³-hybridized carbons (Fsp3) is 0.143. The number of aliphatic hydroxyl groups excluding tert-OH is 1. The van der Waals surface area contributed by atoms with Gasteiger partial charge in [-0.3, -0.25) is 0 Å². The Balaban J connectivity index is 2.47. The van der Waals surface area contributed by atoms with Crippen molar-refractivity contribution in [3.8, 4) is 0 Å². The molecule has 0 heterocycles. The molecule has 2 aromatic rings. The molecule has 0 aliphatic carbocycles. The Labute approximate surface area is 121 Å². The second kappa shape index (κ2) is 5.50. The van der Waals surface area contributed by atoms with Crippen LogP contribution in [-0.4, -0.2) is 5.11 Å². The number of hydrogen-bond acceptors (Lipinski definition) is 1. The summed E-state index contributed by atoms with van der Waals surface area (Å²) in [6, 6.07) is 10.5. The van der Waals surface area contributed by atoms with Crippen LogP contribution in [0.1, 0.15) is 22.8 Å². The van der Waals surface area contributed by atoms with Crippen molar-refractivity contribution >= 4 is 34.8 Å². The van der Waals surface area contributed by atoms with E-state index in [1.54, 1.807) is 30.3 Å². The number of hydrogen-bond donors (Lipinski definition) is 1. The number of rotatable bonds is 2. The van der Waals surface area contributed by atoms with Crippen molar-refractivity contribution in [3.05, 3.63) is 68.2 Å². The predicted octanol–water partition coefficient (Wildman–Crippen LogP) is 5.04. The molecule has 0 aliphatic rings. The lowest BCUT2D eigenvalue weighted by atomic mass is 10.0. The molecule has 2 aromatic carbocycles. The highest BCUT2D eigenvalue weighted by Gasteiger charge is 2.17. The molecule has 0 fully saturated rings. The van der Waals surface area contributed by atoms with Crippen molar-refractivity contribution in [1.29, 1.82) is 0 Å². The fourth-order valence-electron chi connectivity index (χ4n) is 1.75. The van der Waals surface area contributed by atoms with Crippen LogP contribution in [0.5, 0.6) is 0 Å². The molecule has 0 bridgehead atoms. The van der Waals surface area contributed by atoms with Crippen LogP contribution in [-0.2, 0) is 0 Å². The molecule has 94 valence electrons. The minimum Gasteiger partial charge on any atom is -0.384 e. The van der Waals surface area contributed by atoms with Gasteiger partial charge in [0.15, 0.2) is 0 Å². The summed E-state index contributed by atoms with van der Waals surface area (Å²) in [6.07, 6.45) is -0.885. The highest BCUT2D eigenvalue weighted by Crippen LogP contribution is 2.34. The maximum absolute atomic E-state index is 10.3. The van der Waals surface area contributed by atoms with E-state index >= 15 is 0 Å². The first-order chi connectivity index (χ1) is 8.49. The summed E-state index contributed by atoms with van der Waals surface area (Å²) >= 11 is 18.1. The molecule has 1 nitrogen and oxygen atoms in total. The third kappa shape index (κ3) is 2.81. The lowest BCUT2D eigenvalue weighted by Gasteiger charge is -2.15. The highest BCUT2D eigenvalue weighted by molar-refractivity contribution is 6.34. The summed E-state index contributed by atoms with van der Waals surface area (Å²) in [6.45, 7) is 1.94. The third-order valence-electron chi connectivity index (χ3n) is 2.70. The lowest BCUT2D eigenvalue weighted by molar-refractivity contribution is 0.220. The zero-order valence-electron chi connectivity index (χ0n) is 9.62. The summed E-state index contributed by atoms with van der Waals surface area (Å²) in [5.41, 5.74) is 2.20. The molecule has 0 amide bonds. The summed E-state index contributed by atoms with van der Waals surface area (Å²) in [4.78, 5) is 0. The Morgan fingerprint density at radius 3 is 2.28 bits per heavy atom. The molecule has 0 aromatic heterocycles. The Morgan fingerprint density at radius 2 is 1.61 bits per heavy atom. The number of aliphatic hydroxyl groups is 1. The summed E-state index contributed by atoms with van der Waals surface area (Å²) in [5.74, 6) is 0. The van der Waals surface area contributed by atoms with Crippen LogP contribution < -0.4 is 0 Å². The van der Waals surface area contributed by atoms with E-state index in [2.05, 4.69) is 0 Å². The Hall–Kier alpha value is -0.730. The zero-order chi connectivity index (χ0) is 13.3. The Kier molecular flexibility index (Phi) is 4.18. The summed E-state index contributed by atoms with van der Waals surface area (Å²) < 4.78 is 0. The zero-order valence-corrected chi connectivity index (χ0v) is 11.9. The minimum atomic E-state index is -0.885. The van der Waals surface area contributed by atoms with Crippen LogP contribution in [0, 0.1) is 6.92 Å². The van der Waals surface area contributed by atoms with E-state index in [-0.39, 0.29) is 0 Å². The van der Waals surface area contributed by atoms with Gasteiger partial charge in [0.1, 0.15) is 6.10 Å². The van der Waals surface area contributed by atoms with Gasteiger partial charge in [0, 0.05) is 26.2 Å². The van der Waals surface area contributed by atoms with Gasteiger partial charge >= 0.3 is 0 Å². The Morgan fingerprint density at radius 1 is 0.889 bits per heavy atom. The SMILES string of the molecule is Cc1ccc(C(O)c2cc(Cl)ccc2Cl)c(Cl)c1. The molecule has 0 aliphatic heterocycles. The van der Waals surface area contributed by atoms with E-state index in [1.165, 1.54) is 0 Å². The van der Waals surface area contributed by atoms with E-state index in [4.69, 9.17) is 34.8 Å². The molecule has 0 saturated heterocycles. The van der Waals surface area contributed by atoms with E-state index in [9.17, 15) is 5.11 Å². The molecule has 0 saturated carbocycles. The standard InChI is InChI=1S/C14H11Cl3O/c1-8-2-4-10(13(17)6-8)14(18)11-7-9(15)3-5-12(11)16/h2-7,14,18H,1H3. The van der Waals surface area contributed by atoms with Crippen LogP contribution >= 0.6 is 34.8 Å². The van der Waals surface area contributed by atoms with Gasteiger partial charge in [-0.05, 0) is 36.8 Å². The van der Waals surface area contributed by atoms with Gasteiger partial charge < -0.3 is 5.11 Å². The first-order valence-corrected chi connectivity index (χ1v) is 6.51. The summed E-state index contributed by atoms with van der Waals surface area (Å²) in [7, 11) is 0. The molecule has 1 unspecified atom stereocenters. The van der Waals surface area contributed by atoms with Gasteiger partial charge in [-0.25, -0.2) is 0 Å².